The summed E-state index contributed by atoms with van der Waals surface area (Å²) >= 11 is 0. The molecule has 9 nitrogen and oxygen atoms in total. The number of quaternary nitrogens is 1. The van der Waals surface area contributed by atoms with Gasteiger partial charge in [0.25, 0.3) is 0 Å². The summed E-state index contributed by atoms with van der Waals surface area (Å²) in [5.41, 5.74) is 1.67. The van der Waals surface area contributed by atoms with Crippen LogP contribution in [-0.4, -0.2) is 77.8 Å². The minimum Gasteiger partial charge on any atom is -0.480 e. The van der Waals surface area contributed by atoms with E-state index in [0.29, 0.717) is 24.1 Å². The molecular formula is C24H37FeN5O4+2. The molecule has 3 atom stereocenters. The number of carboxylic acid groups (broad SMARTS) is 2. The summed E-state index contributed by atoms with van der Waals surface area (Å²) in [7, 11) is 1.90. The van der Waals surface area contributed by atoms with Crippen molar-refractivity contribution in [1.82, 2.24) is 19.4 Å². The van der Waals surface area contributed by atoms with Crippen LogP contribution in [-0.2, 0) is 46.8 Å². The number of aromatic nitrogens is 3. The van der Waals surface area contributed by atoms with Gasteiger partial charge in [-0.25, -0.2) is 9.78 Å². The van der Waals surface area contributed by atoms with E-state index in [0.717, 1.165) is 37.1 Å². The largest absolute Gasteiger partial charge is 2.00 e. The van der Waals surface area contributed by atoms with Gasteiger partial charge in [-0.2, -0.15) is 0 Å². The predicted molar refractivity (Wildman–Crippen MR) is 125 cm³/mol. The third-order valence-corrected chi connectivity index (χ3v) is 6.61. The summed E-state index contributed by atoms with van der Waals surface area (Å²) in [6.45, 7) is 3.48. The number of carbonyl (C=O) groups is 2. The molecule has 0 amide bonds. The second-order valence-electron chi connectivity index (χ2n) is 8.81. The molecule has 0 aromatic carbocycles. The summed E-state index contributed by atoms with van der Waals surface area (Å²) in [4.78, 5) is 34.6. The molecule has 2 aromatic heterocycles. The molecule has 0 spiro atoms. The first-order valence-corrected chi connectivity index (χ1v) is 11.2. The van der Waals surface area contributed by atoms with E-state index in [1.165, 1.54) is 0 Å². The zero-order valence-electron chi connectivity index (χ0n) is 20.3. The van der Waals surface area contributed by atoms with E-state index < -0.39 is 11.9 Å². The molecule has 2 unspecified atom stereocenters. The molecule has 34 heavy (non-hydrogen) atoms. The zero-order valence-corrected chi connectivity index (χ0v) is 21.4. The molecule has 188 valence electrons. The minimum atomic E-state index is -0.886. The number of imidazole rings is 1. The normalized spacial score (nSPS) is 19.5. The van der Waals surface area contributed by atoms with E-state index in [9.17, 15) is 19.8 Å². The third-order valence-electron chi connectivity index (χ3n) is 6.61. The predicted octanol–water partition coefficient (Wildman–Crippen LogP) is 2.58. The Hall–Kier alpha value is -2.26. The van der Waals surface area contributed by atoms with Crippen LogP contribution in [0, 0.1) is 7.43 Å². The van der Waals surface area contributed by atoms with Crippen molar-refractivity contribution in [3.8, 4) is 0 Å². The molecule has 2 aromatic rings. The topological polar surface area (TPSA) is 109 Å². The number of rotatable bonds is 11. The van der Waals surface area contributed by atoms with E-state index in [4.69, 9.17) is 0 Å². The average molecular weight is 515 g/mol. The van der Waals surface area contributed by atoms with Gasteiger partial charge in [0.1, 0.15) is 18.3 Å². The molecule has 0 saturated heterocycles. The Bertz CT molecular complexity index is 910. The molecule has 2 N–H and O–H groups in total. The Morgan fingerprint density at radius 2 is 1.88 bits per heavy atom. The Morgan fingerprint density at radius 1 is 1.15 bits per heavy atom. The van der Waals surface area contributed by atoms with Crippen LogP contribution in [0.1, 0.15) is 44.0 Å². The van der Waals surface area contributed by atoms with Crippen LogP contribution in [0.2, 0.25) is 0 Å². The van der Waals surface area contributed by atoms with E-state index >= 15 is 0 Å². The van der Waals surface area contributed by atoms with Crippen molar-refractivity contribution in [2.75, 3.05) is 19.6 Å². The first-order valence-electron chi connectivity index (χ1n) is 11.2. The van der Waals surface area contributed by atoms with E-state index in [2.05, 4.69) is 9.97 Å². The number of pyridine rings is 1. The fraction of sp³-hybridized carbons (Fsp3) is 0.542. The molecule has 1 aliphatic rings. The molecule has 0 bridgehead atoms. The Balaban J connectivity index is 0.00000289. The number of carboxylic acids is 2. The Kier molecular flexibility index (Phi) is 11.9. The second-order valence-corrected chi connectivity index (χ2v) is 8.81. The summed E-state index contributed by atoms with van der Waals surface area (Å²) in [5, 5.41) is 19.5. The second kappa shape index (κ2) is 13.6. The number of hydrogen-bond acceptors (Lipinski definition) is 5. The van der Waals surface area contributed by atoms with Crippen LogP contribution >= 0.6 is 0 Å². The maximum atomic E-state index is 12.0. The summed E-state index contributed by atoms with van der Waals surface area (Å²) in [6.07, 6.45) is 9.09. The Morgan fingerprint density at radius 3 is 2.44 bits per heavy atom. The van der Waals surface area contributed by atoms with Crippen molar-refractivity contribution in [2.24, 2.45) is 7.05 Å². The van der Waals surface area contributed by atoms with Gasteiger partial charge in [-0.3, -0.25) is 14.7 Å². The van der Waals surface area contributed by atoms with Crippen molar-refractivity contribution >= 4 is 11.9 Å². The molecule has 0 radical (unpaired) electrons. The molecule has 3 rings (SSSR count). The van der Waals surface area contributed by atoms with Gasteiger partial charge in [-0.1, -0.05) is 12.5 Å². The van der Waals surface area contributed by atoms with Gasteiger partial charge in [0.05, 0.1) is 31.2 Å². The number of nitrogens with zero attached hydrogens (tertiary/aromatic N) is 5. The first kappa shape index (κ1) is 29.8. The fourth-order valence-corrected chi connectivity index (χ4v) is 5.21. The molecule has 10 heteroatoms. The van der Waals surface area contributed by atoms with Gasteiger partial charge in [0, 0.05) is 32.4 Å². The maximum Gasteiger partial charge on any atom is 2.00 e. The average Bonchev–Trinajstić information content (AvgIpc) is 3.17. The van der Waals surface area contributed by atoms with E-state index in [1.807, 2.05) is 47.8 Å². The van der Waals surface area contributed by atoms with Crippen LogP contribution in [0.25, 0.3) is 0 Å². The van der Waals surface area contributed by atoms with Crippen LogP contribution in [0.15, 0.2) is 36.9 Å². The van der Waals surface area contributed by atoms with Gasteiger partial charge in [-0.05, 0) is 31.9 Å². The van der Waals surface area contributed by atoms with Gasteiger partial charge < -0.3 is 26.7 Å². The quantitative estimate of drug-likeness (QED) is 0.269. The van der Waals surface area contributed by atoms with Crippen molar-refractivity contribution in [3.63, 3.8) is 0 Å². The smallest absolute Gasteiger partial charge is 0.480 e. The Labute approximate surface area is 212 Å². The standard InChI is InChI=1S/C23H33N5O4.CH3.Fe/c1-3-28(16-23(31)32,15-19-12-26(2)17-25-19)21-10-5-4-9-20(21)27(14-22(29)30)13-18-8-6-7-11-24-18;;/h6-8,11-12,17,20-21H,3-5,9-10,13-16H2,1-2H3,(H-,29,30,31,32);1H3;/q;-1;+2/p+1/t20?,21-,28?;;/m0../s1. The van der Waals surface area contributed by atoms with Crippen LogP contribution in [0.5, 0.6) is 0 Å². The zero-order chi connectivity index (χ0) is 23.1. The molecule has 2 heterocycles. The minimum absolute atomic E-state index is 0. The van der Waals surface area contributed by atoms with Crippen molar-refractivity contribution in [3.05, 3.63) is 55.7 Å². The maximum absolute atomic E-state index is 12.0. The van der Waals surface area contributed by atoms with Gasteiger partial charge in [-0.15, -0.1) is 0 Å². The van der Waals surface area contributed by atoms with Gasteiger partial charge >= 0.3 is 29.0 Å². The van der Waals surface area contributed by atoms with E-state index in [1.54, 1.807) is 12.5 Å². The van der Waals surface area contributed by atoms with Crippen LogP contribution in [0.4, 0.5) is 0 Å². The van der Waals surface area contributed by atoms with Crippen LogP contribution < -0.4 is 0 Å². The monoisotopic (exact) mass is 515 g/mol. The van der Waals surface area contributed by atoms with Crippen molar-refractivity contribution in [1.29, 1.82) is 0 Å². The molecule has 1 aliphatic carbocycles. The number of likely N-dealkylation sites (N-methyl/N-ethyl adjacent to an activating group) is 1. The van der Waals surface area contributed by atoms with Gasteiger partial charge in [0.2, 0.25) is 0 Å². The SMILES string of the molecule is CC[N+](CC(=O)O)(Cc1cn(C)cn1)[C@H]1CCCCC1N(CC(=O)O)Cc1ccccn1.[CH3-].[Fe+2]. The summed E-state index contributed by atoms with van der Waals surface area (Å²) in [6, 6.07) is 5.59. The number of hydrogen-bond donors (Lipinski definition) is 2. The van der Waals surface area contributed by atoms with Crippen molar-refractivity contribution < 1.29 is 41.4 Å². The van der Waals surface area contributed by atoms with Crippen molar-refractivity contribution in [2.45, 2.75) is 57.8 Å². The molecular weight excluding hydrogens is 478 g/mol. The molecule has 0 aliphatic heterocycles. The molecule has 1 saturated carbocycles. The van der Waals surface area contributed by atoms with Gasteiger partial charge in [0.15, 0.2) is 6.54 Å². The molecule has 1 fully saturated rings. The number of aryl methyl sites for hydroxylation is 1. The summed E-state index contributed by atoms with van der Waals surface area (Å²) < 4.78 is 2.23. The van der Waals surface area contributed by atoms with Crippen LogP contribution in [0.3, 0.4) is 0 Å². The fourth-order valence-electron chi connectivity index (χ4n) is 5.21. The number of aliphatic carboxylic acids is 2. The first-order chi connectivity index (χ1) is 15.3. The third kappa shape index (κ3) is 7.63. The summed E-state index contributed by atoms with van der Waals surface area (Å²) in [5.74, 6) is -1.73. The van der Waals surface area contributed by atoms with E-state index in [-0.39, 0.29) is 49.7 Å².